The zero-order valence-corrected chi connectivity index (χ0v) is 11.6. The number of carboxylic acid groups (broad SMARTS) is 1. The van der Waals surface area contributed by atoms with Crippen molar-refractivity contribution in [3.63, 3.8) is 0 Å². The predicted octanol–water partition coefficient (Wildman–Crippen LogP) is 1.42. The van der Waals surface area contributed by atoms with Crippen LogP contribution in [-0.4, -0.2) is 32.1 Å². The van der Waals surface area contributed by atoms with Gasteiger partial charge in [-0.3, -0.25) is 0 Å². The highest BCUT2D eigenvalue weighted by Gasteiger charge is 2.29. The number of benzene rings is 1. The largest absolute Gasteiger partial charge is 0.478 e. The number of hydrogen-bond acceptors (Lipinski definition) is 4. The van der Waals surface area contributed by atoms with E-state index in [1.165, 1.54) is 18.2 Å². The van der Waals surface area contributed by atoms with Crippen molar-refractivity contribution in [3.05, 3.63) is 36.4 Å². The normalized spacial score (nSPS) is 14.8. The quantitative estimate of drug-likeness (QED) is 0.661. The van der Waals surface area contributed by atoms with Crippen molar-refractivity contribution in [2.75, 3.05) is 11.9 Å². The Morgan fingerprint density at radius 3 is 2.70 bits per heavy atom. The molecule has 0 saturated heterocycles. The average Bonchev–Trinajstić information content (AvgIpc) is 3.19. The Morgan fingerprint density at radius 2 is 2.15 bits per heavy atom. The number of nitrogens with one attached hydrogen (secondary N) is 2. The van der Waals surface area contributed by atoms with Gasteiger partial charge < -0.3 is 10.4 Å². The van der Waals surface area contributed by atoms with Crippen molar-refractivity contribution >= 4 is 21.7 Å². The molecule has 0 bridgehead atoms. The summed E-state index contributed by atoms with van der Waals surface area (Å²) < 4.78 is 27.1. The number of hydrogen-bond donors (Lipinski definition) is 3. The van der Waals surface area contributed by atoms with E-state index in [-0.39, 0.29) is 16.5 Å². The first-order chi connectivity index (χ1) is 9.44. The lowest BCUT2D eigenvalue weighted by Gasteiger charge is -2.13. The second kappa shape index (κ2) is 5.64. The first-order valence-electron chi connectivity index (χ1n) is 6.18. The van der Waals surface area contributed by atoms with Crippen LogP contribution in [0.25, 0.3) is 0 Å². The summed E-state index contributed by atoms with van der Waals surface area (Å²) in [5.41, 5.74) is 0.299. The summed E-state index contributed by atoms with van der Waals surface area (Å²) in [6, 6.07) is 3.94. The zero-order chi connectivity index (χ0) is 14.8. The summed E-state index contributed by atoms with van der Waals surface area (Å²) in [6.07, 6.45) is 3.22. The fourth-order valence-electron chi connectivity index (χ4n) is 1.69. The first kappa shape index (κ1) is 14.5. The van der Waals surface area contributed by atoms with E-state index < -0.39 is 16.0 Å². The number of sulfonamides is 1. The molecule has 1 aliphatic rings. The van der Waals surface area contributed by atoms with E-state index in [2.05, 4.69) is 16.6 Å². The van der Waals surface area contributed by atoms with Crippen molar-refractivity contribution in [2.24, 2.45) is 0 Å². The molecule has 1 aromatic rings. The number of anilines is 1. The van der Waals surface area contributed by atoms with Crippen molar-refractivity contribution in [1.82, 2.24) is 4.72 Å². The summed E-state index contributed by atoms with van der Waals surface area (Å²) in [6.45, 7) is 3.94. The maximum Gasteiger partial charge on any atom is 0.335 e. The standard InChI is InChI=1S/C13H16N2O4S/c1-2-7-14-11-6-3-9(13(16)17)8-12(11)20(18,19)15-10-4-5-10/h2-3,6,8,10,14-15H,1,4-5,7H2,(H,16,17). The minimum Gasteiger partial charge on any atom is -0.478 e. The molecular formula is C13H16N2O4S. The van der Waals surface area contributed by atoms with Crippen molar-refractivity contribution in [2.45, 2.75) is 23.8 Å². The smallest absolute Gasteiger partial charge is 0.335 e. The molecule has 1 fully saturated rings. The Kier molecular flexibility index (Phi) is 4.10. The predicted molar refractivity (Wildman–Crippen MR) is 75.4 cm³/mol. The summed E-state index contributed by atoms with van der Waals surface area (Å²) in [5, 5.41) is 11.9. The van der Waals surface area contributed by atoms with Gasteiger partial charge in [-0.1, -0.05) is 6.08 Å². The van der Waals surface area contributed by atoms with E-state index in [4.69, 9.17) is 5.11 Å². The maximum atomic E-state index is 12.3. The lowest BCUT2D eigenvalue weighted by molar-refractivity contribution is 0.0696. The molecule has 1 aliphatic carbocycles. The van der Waals surface area contributed by atoms with Gasteiger partial charge in [-0.25, -0.2) is 17.9 Å². The van der Waals surface area contributed by atoms with E-state index in [1.54, 1.807) is 6.08 Å². The average molecular weight is 296 g/mol. The molecule has 0 heterocycles. The van der Waals surface area contributed by atoms with E-state index in [1.807, 2.05) is 0 Å². The molecule has 0 spiro atoms. The van der Waals surface area contributed by atoms with Gasteiger partial charge in [0, 0.05) is 12.6 Å². The molecule has 0 atom stereocenters. The molecule has 2 rings (SSSR count). The molecule has 108 valence electrons. The van der Waals surface area contributed by atoms with E-state index in [9.17, 15) is 13.2 Å². The van der Waals surface area contributed by atoms with Crippen molar-refractivity contribution in [3.8, 4) is 0 Å². The van der Waals surface area contributed by atoms with Gasteiger partial charge in [0.1, 0.15) is 4.90 Å². The van der Waals surface area contributed by atoms with Crippen LogP contribution >= 0.6 is 0 Å². The number of aromatic carboxylic acids is 1. The Morgan fingerprint density at radius 1 is 1.45 bits per heavy atom. The second-order valence-electron chi connectivity index (χ2n) is 4.58. The van der Waals surface area contributed by atoms with Gasteiger partial charge in [-0.2, -0.15) is 0 Å². The molecule has 20 heavy (non-hydrogen) atoms. The third-order valence-electron chi connectivity index (χ3n) is 2.85. The van der Waals surface area contributed by atoms with Crippen LogP contribution in [-0.2, 0) is 10.0 Å². The molecule has 3 N–H and O–H groups in total. The Bertz CT molecular complexity index is 636. The van der Waals surface area contributed by atoms with Gasteiger partial charge in [0.15, 0.2) is 0 Å². The summed E-state index contributed by atoms with van der Waals surface area (Å²) >= 11 is 0. The van der Waals surface area contributed by atoms with Crippen molar-refractivity contribution in [1.29, 1.82) is 0 Å². The van der Waals surface area contributed by atoms with Crippen LogP contribution in [0, 0.1) is 0 Å². The minimum atomic E-state index is -3.72. The third-order valence-corrected chi connectivity index (χ3v) is 4.41. The summed E-state index contributed by atoms with van der Waals surface area (Å²) in [7, 11) is -3.72. The molecule has 1 saturated carbocycles. The van der Waals surface area contributed by atoms with Gasteiger partial charge in [-0.15, -0.1) is 6.58 Å². The molecule has 0 unspecified atom stereocenters. The summed E-state index contributed by atoms with van der Waals surface area (Å²) in [5.74, 6) is -1.16. The molecule has 0 radical (unpaired) electrons. The topological polar surface area (TPSA) is 95.5 Å². The van der Waals surface area contributed by atoms with E-state index in [0.29, 0.717) is 12.2 Å². The fourth-order valence-corrected chi connectivity index (χ4v) is 3.20. The van der Waals surface area contributed by atoms with Gasteiger partial charge in [0.25, 0.3) is 0 Å². The number of rotatable bonds is 7. The monoisotopic (exact) mass is 296 g/mol. The first-order valence-corrected chi connectivity index (χ1v) is 7.67. The molecule has 6 nitrogen and oxygen atoms in total. The van der Waals surface area contributed by atoms with E-state index in [0.717, 1.165) is 12.8 Å². The van der Waals surface area contributed by atoms with Crippen molar-refractivity contribution < 1.29 is 18.3 Å². The van der Waals surface area contributed by atoms with Gasteiger partial charge in [0.2, 0.25) is 10.0 Å². The van der Waals surface area contributed by atoms with Gasteiger partial charge in [-0.05, 0) is 31.0 Å². The molecule has 0 amide bonds. The SMILES string of the molecule is C=CCNc1ccc(C(=O)O)cc1S(=O)(=O)NC1CC1. The van der Waals surface area contributed by atoms with Crippen LogP contribution in [0.3, 0.4) is 0 Å². The molecule has 0 aromatic heterocycles. The third kappa shape index (κ3) is 3.37. The second-order valence-corrected chi connectivity index (χ2v) is 6.26. The van der Waals surface area contributed by atoms with Crippen LogP contribution in [0.15, 0.2) is 35.7 Å². The number of carboxylic acids is 1. The Balaban J connectivity index is 2.41. The lowest BCUT2D eigenvalue weighted by Crippen LogP contribution is -2.27. The highest BCUT2D eigenvalue weighted by molar-refractivity contribution is 7.89. The van der Waals surface area contributed by atoms with Crippen LogP contribution in [0.5, 0.6) is 0 Å². The molecule has 7 heteroatoms. The maximum absolute atomic E-state index is 12.3. The van der Waals surface area contributed by atoms with Gasteiger partial charge >= 0.3 is 5.97 Å². The Hall–Kier alpha value is -1.86. The fraction of sp³-hybridized carbons (Fsp3) is 0.308. The highest BCUT2D eigenvalue weighted by Crippen LogP contribution is 2.27. The molecule has 1 aromatic carbocycles. The van der Waals surface area contributed by atoms with E-state index >= 15 is 0 Å². The van der Waals surface area contributed by atoms with Crippen LogP contribution in [0.1, 0.15) is 23.2 Å². The van der Waals surface area contributed by atoms with Crippen LogP contribution in [0.4, 0.5) is 5.69 Å². The minimum absolute atomic E-state index is 0.0410. The van der Waals surface area contributed by atoms with Gasteiger partial charge in [0.05, 0.1) is 11.3 Å². The Labute approximate surface area is 117 Å². The zero-order valence-electron chi connectivity index (χ0n) is 10.8. The van der Waals surface area contributed by atoms with Crippen LogP contribution in [0.2, 0.25) is 0 Å². The summed E-state index contributed by atoms with van der Waals surface area (Å²) in [4.78, 5) is 10.9. The molecular weight excluding hydrogens is 280 g/mol. The number of carbonyl (C=O) groups is 1. The van der Waals surface area contributed by atoms with Crippen LogP contribution < -0.4 is 10.0 Å². The lowest BCUT2D eigenvalue weighted by atomic mass is 10.2. The molecule has 0 aliphatic heterocycles. The highest BCUT2D eigenvalue weighted by atomic mass is 32.2.